The Bertz CT molecular complexity index is 750. The smallest absolute Gasteiger partial charge is 0.314 e. The molecule has 0 saturated heterocycles. The van der Waals surface area contributed by atoms with E-state index >= 15 is 0 Å². The summed E-state index contributed by atoms with van der Waals surface area (Å²) in [6, 6.07) is 13.1. The molecule has 0 unspecified atom stereocenters. The van der Waals surface area contributed by atoms with Crippen LogP contribution < -0.4 is 15.5 Å². The quantitative estimate of drug-likeness (QED) is 0.816. The first-order valence-corrected chi connectivity index (χ1v) is 8.49. The largest absolute Gasteiger partial charge is 0.372 e. The third-order valence-electron chi connectivity index (χ3n) is 4.31. The van der Waals surface area contributed by atoms with Crippen LogP contribution in [0.15, 0.2) is 42.5 Å². The fraction of sp³-hybridized carbons (Fsp3) is 0.300. The second-order valence-electron chi connectivity index (χ2n) is 5.87. The van der Waals surface area contributed by atoms with E-state index in [1.807, 2.05) is 38.1 Å². The molecule has 5 nitrogen and oxygen atoms in total. The molecule has 2 N–H and O–H groups in total. The Hall–Kier alpha value is -2.82. The van der Waals surface area contributed by atoms with E-state index < -0.39 is 11.8 Å². The van der Waals surface area contributed by atoms with Gasteiger partial charge in [0.1, 0.15) is 0 Å². The van der Waals surface area contributed by atoms with Gasteiger partial charge in [-0.1, -0.05) is 12.1 Å². The molecule has 132 valence electrons. The average Bonchev–Trinajstić information content (AvgIpc) is 2.61. The van der Waals surface area contributed by atoms with E-state index in [-0.39, 0.29) is 0 Å². The Labute approximate surface area is 149 Å². The molecule has 0 bridgehead atoms. The van der Waals surface area contributed by atoms with Crippen LogP contribution >= 0.6 is 0 Å². The van der Waals surface area contributed by atoms with E-state index in [9.17, 15) is 9.59 Å². The summed E-state index contributed by atoms with van der Waals surface area (Å²) in [6.45, 7) is 9.89. The fourth-order valence-corrected chi connectivity index (χ4v) is 2.60. The predicted octanol–water partition coefficient (Wildman–Crippen LogP) is 3.73. The Morgan fingerprint density at radius 1 is 0.880 bits per heavy atom. The number of hydrogen-bond acceptors (Lipinski definition) is 3. The fourth-order valence-electron chi connectivity index (χ4n) is 2.60. The summed E-state index contributed by atoms with van der Waals surface area (Å²) in [5, 5.41) is 5.29. The van der Waals surface area contributed by atoms with Crippen molar-refractivity contribution in [1.82, 2.24) is 0 Å². The first-order chi connectivity index (χ1) is 12.0. The molecule has 0 fully saturated rings. The maximum atomic E-state index is 12.1. The molecule has 2 aromatic carbocycles. The Balaban J connectivity index is 2.01. The normalized spacial score (nSPS) is 10.2. The van der Waals surface area contributed by atoms with Gasteiger partial charge in [0, 0.05) is 30.2 Å². The lowest BCUT2D eigenvalue weighted by atomic mass is 10.1. The summed E-state index contributed by atoms with van der Waals surface area (Å²) in [4.78, 5) is 26.4. The molecule has 2 amide bonds. The first kappa shape index (κ1) is 18.5. The molecule has 25 heavy (non-hydrogen) atoms. The lowest BCUT2D eigenvalue weighted by molar-refractivity contribution is -0.133. The summed E-state index contributed by atoms with van der Waals surface area (Å²) in [6.07, 6.45) is 0. The van der Waals surface area contributed by atoms with E-state index in [2.05, 4.69) is 29.4 Å². The van der Waals surface area contributed by atoms with Crippen molar-refractivity contribution in [3.8, 4) is 0 Å². The Morgan fingerprint density at radius 3 is 2.08 bits per heavy atom. The van der Waals surface area contributed by atoms with Crippen LogP contribution in [0.25, 0.3) is 0 Å². The van der Waals surface area contributed by atoms with Gasteiger partial charge in [-0.3, -0.25) is 9.59 Å². The second-order valence-corrected chi connectivity index (χ2v) is 5.87. The molecule has 0 heterocycles. The van der Waals surface area contributed by atoms with Crippen molar-refractivity contribution in [3.05, 3.63) is 53.6 Å². The Morgan fingerprint density at radius 2 is 1.48 bits per heavy atom. The maximum absolute atomic E-state index is 12.1. The molecule has 0 radical (unpaired) electrons. The van der Waals surface area contributed by atoms with Crippen LogP contribution in [0.2, 0.25) is 0 Å². The van der Waals surface area contributed by atoms with Crippen molar-refractivity contribution >= 4 is 28.9 Å². The van der Waals surface area contributed by atoms with Crippen molar-refractivity contribution in [3.63, 3.8) is 0 Å². The van der Waals surface area contributed by atoms with Crippen molar-refractivity contribution in [2.75, 3.05) is 28.6 Å². The van der Waals surface area contributed by atoms with Gasteiger partial charge in [-0.05, 0) is 69.2 Å². The highest BCUT2D eigenvalue weighted by atomic mass is 16.2. The van der Waals surface area contributed by atoms with Crippen LogP contribution in [0.3, 0.4) is 0 Å². The zero-order valence-corrected chi connectivity index (χ0v) is 15.2. The molecule has 0 aliphatic carbocycles. The van der Waals surface area contributed by atoms with E-state index in [0.717, 1.165) is 29.9 Å². The van der Waals surface area contributed by atoms with Gasteiger partial charge in [-0.15, -0.1) is 0 Å². The minimum Gasteiger partial charge on any atom is -0.372 e. The second kappa shape index (κ2) is 8.33. The minimum atomic E-state index is -0.684. The molecule has 0 spiro atoms. The first-order valence-electron chi connectivity index (χ1n) is 8.49. The molecule has 0 aromatic heterocycles. The highest BCUT2D eigenvalue weighted by Gasteiger charge is 2.15. The van der Waals surface area contributed by atoms with Crippen LogP contribution in [0.4, 0.5) is 17.1 Å². The number of carbonyl (C=O) groups excluding carboxylic acids is 2. The van der Waals surface area contributed by atoms with E-state index in [0.29, 0.717) is 11.4 Å². The van der Waals surface area contributed by atoms with Crippen molar-refractivity contribution < 1.29 is 9.59 Å². The van der Waals surface area contributed by atoms with Gasteiger partial charge in [0.25, 0.3) is 0 Å². The van der Waals surface area contributed by atoms with Gasteiger partial charge in [-0.25, -0.2) is 0 Å². The van der Waals surface area contributed by atoms with Gasteiger partial charge in [0.05, 0.1) is 0 Å². The van der Waals surface area contributed by atoms with Gasteiger partial charge >= 0.3 is 11.8 Å². The number of anilines is 3. The van der Waals surface area contributed by atoms with Crippen LogP contribution in [-0.2, 0) is 9.59 Å². The number of nitrogens with one attached hydrogen (secondary N) is 2. The number of nitrogens with zero attached hydrogens (tertiary/aromatic N) is 1. The van der Waals surface area contributed by atoms with Crippen LogP contribution in [0.1, 0.15) is 25.0 Å². The van der Waals surface area contributed by atoms with E-state index in [4.69, 9.17) is 0 Å². The molecule has 2 aromatic rings. The molecule has 0 aliphatic heterocycles. The number of amides is 2. The average molecular weight is 339 g/mol. The topological polar surface area (TPSA) is 61.4 Å². The van der Waals surface area contributed by atoms with Gasteiger partial charge in [0.2, 0.25) is 0 Å². The number of aryl methyl sites for hydroxylation is 1. The number of carbonyl (C=O) groups is 2. The summed E-state index contributed by atoms with van der Waals surface area (Å²) in [7, 11) is 0. The van der Waals surface area contributed by atoms with E-state index in [1.165, 1.54) is 0 Å². The van der Waals surface area contributed by atoms with Crippen LogP contribution in [0.5, 0.6) is 0 Å². The van der Waals surface area contributed by atoms with Crippen molar-refractivity contribution in [1.29, 1.82) is 0 Å². The molecule has 0 aliphatic rings. The monoisotopic (exact) mass is 339 g/mol. The molecular weight excluding hydrogens is 314 g/mol. The number of rotatable bonds is 5. The van der Waals surface area contributed by atoms with Gasteiger partial charge < -0.3 is 15.5 Å². The summed E-state index contributed by atoms with van der Waals surface area (Å²) in [5.74, 6) is -1.36. The number of benzene rings is 2. The maximum Gasteiger partial charge on any atom is 0.314 e. The summed E-state index contributed by atoms with van der Waals surface area (Å²) in [5.41, 5.74) is 4.34. The van der Waals surface area contributed by atoms with Crippen molar-refractivity contribution in [2.45, 2.75) is 27.7 Å². The zero-order valence-electron chi connectivity index (χ0n) is 15.2. The zero-order chi connectivity index (χ0) is 18.4. The molecule has 5 heteroatoms. The number of hydrogen-bond donors (Lipinski definition) is 2. The van der Waals surface area contributed by atoms with Gasteiger partial charge in [-0.2, -0.15) is 0 Å². The standard InChI is InChI=1S/C20H25N3O2/c1-5-23(6-2)17-12-10-16(11-13-17)21-19(24)20(25)22-18-9-7-8-14(3)15(18)4/h7-13H,5-6H2,1-4H3,(H,21,24)(H,22,25). The lowest BCUT2D eigenvalue weighted by Gasteiger charge is -2.21. The summed E-state index contributed by atoms with van der Waals surface area (Å²) < 4.78 is 0. The van der Waals surface area contributed by atoms with E-state index in [1.54, 1.807) is 18.2 Å². The van der Waals surface area contributed by atoms with Crippen LogP contribution in [-0.4, -0.2) is 24.9 Å². The van der Waals surface area contributed by atoms with Crippen molar-refractivity contribution in [2.24, 2.45) is 0 Å². The molecule has 0 atom stereocenters. The minimum absolute atomic E-state index is 0.594. The predicted molar refractivity (Wildman–Crippen MR) is 103 cm³/mol. The SMILES string of the molecule is CCN(CC)c1ccc(NC(=O)C(=O)Nc2cccc(C)c2C)cc1. The third-order valence-corrected chi connectivity index (χ3v) is 4.31. The van der Waals surface area contributed by atoms with Crippen LogP contribution in [0, 0.1) is 13.8 Å². The summed E-state index contributed by atoms with van der Waals surface area (Å²) >= 11 is 0. The highest BCUT2D eigenvalue weighted by Crippen LogP contribution is 2.19. The molecule has 0 saturated carbocycles. The Kier molecular flexibility index (Phi) is 6.17. The van der Waals surface area contributed by atoms with Gasteiger partial charge in [0.15, 0.2) is 0 Å². The molecule has 2 rings (SSSR count). The lowest BCUT2D eigenvalue weighted by Crippen LogP contribution is -2.29. The third kappa shape index (κ3) is 4.59. The highest BCUT2D eigenvalue weighted by molar-refractivity contribution is 6.43. The molecular formula is C20H25N3O2.